The first-order valence-electron chi connectivity index (χ1n) is 10.0. The van der Waals surface area contributed by atoms with Crippen LogP contribution in [0.5, 0.6) is 0 Å². The number of aryl methyl sites for hydroxylation is 1. The van der Waals surface area contributed by atoms with Crippen molar-refractivity contribution in [2.24, 2.45) is 5.92 Å². The van der Waals surface area contributed by atoms with Crippen molar-refractivity contribution < 1.29 is 18.7 Å². The number of β-lactam (4-membered cyclic amide) rings is 1. The second-order valence-corrected chi connectivity index (χ2v) is 7.79. The molecule has 3 atom stereocenters. The number of aliphatic hydroxyl groups is 1. The summed E-state index contributed by atoms with van der Waals surface area (Å²) >= 11 is 0. The van der Waals surface area contributed by atoms with Gasteiger partial charge in [-0.15, -0.1) is 0 Å². The Labute approximate surface area is 174 Å². The third-order valence-electron chi connectivity index (χ3n) is 5.74. The molecule has 1 N–H and O–H groups in total. The van der Waals surface area contributed by atoms with Gasteiger partial charge >= 0.3 is 0 Å². The number of benzene rings is 3. The van der Waals surface area contributed by atoms with E-state index in [4.69, 9.17) is 0 Å². The lowest BCUT2D eigenvalue weighted by molar-refractivity contribution is -0.131. The molecule has 1 amide bonds. The Hall–Kier alpha value is -3.05. The molecule has 1 aliphatic heterocycles. The average molecular weight is 407 g/mol. The van der Waals surface area contributed by atoms with Gasteiger partial charge in [-0.05, 0) is 67.3 Å². The van der Waals surface area contributed by atoms with Crippen molar-refractivity contribution >= 4 is 11.6 Å². The number of hydrogen-bond donors (Lipinski definition) is 1. The van der Waals surface area contributed by atoms with Gasteiger partial charge in [0.2, 0.25) is 5.91 Å². The van der Waals surface area contributed by atoms with Crippen LogP contribution in [0.25, 0.3) is 0 Å². The Kier molecular flexibility index (Phi) is 5.64. The summed E-state index contributed by atoms with van der Waals surface area (Å²) in [5, 5.41) is 10.5. The van der Waals surface area contributed by atoms with E-state index >= 15 is 0 Å². The zero-order chi connectivity index (χ0) is 21.3. The number of amides is 1. The van der Waals surface area contributed by atoms with Gasteiger partial charge in [0.05, 0.1) is 18.1 Å². The van der Waals surface area contributed by atoms with Gasteiger partial charge in [0, 0.05) is 5.69 Å². The lowest BCUT2D eigenvalue weighted by Crippen LogP contribution is -2.55. The Morgan fingerprint density at radius 3 is 2.07 bits per heavy atom. The van der Waals surface area contributed by atoms with Crippen LogP contribution in [-0.4, -0.2) is 11.0 Å². The van der Waals surface area contributed by atoms with Crippen molar-refractivity contribution in [1.82, 2.24) is 0 Å². The normalized spacial score (nSPS) is 19.5. The van der Waals surface area contributed by atoms with Crippen LogP contribution in [0.4, 0.5) is 14.5 Å². The van der Waals surface area contributed by atoms with E-state index in [0.29, 0.717) is 24.1 Å². The van der Waals surface area contributed by atoms with Crippen molar-refractivity contribution in [3.05, 3.63) is 101 Å². The molecule has 0 spiro atoms. The number of carbonyl (C=O) groups excluding carboxylic acids is 1. The van der Waals surface area contributed by atoms with E-state index in [9.17, 15) is 18.7 Å². The SMILES string of the molecule is Cc1ccc([C@@H]2[C@@H](CC[C@@H](O)c3ccc(F)cc3)C(=O)N2c2ccc(F)cc2)cc1. The first kappa shape index (κ1) is 20.2. The molecule has 4 rings (SSSR count). The Morgan fingerprint density at radius 1 is 0.900 bits per heavy atom. The standard InChI is InChI=1S/C25H23F2NO2/c1-16-2-4-18(5-3-16)24-22(14-15-23(29)17-6-8-19(26)9-7-17)25(30)28(24)21-12-10-20(27)11-13-21/h2-13,22-24,29H,14-15H2,1H3/t22-,23-,24-/m1/s1. The fourth-order valence-electron chi connectivity index (χ4n) is 4.05. The van der Waals surface area contributed by atoms with Gasteiger partial charge in [0.25, 0.3) is 0 Å². The molecule has 3 aromatic rings. The van der Waals surface area contributed by atoms with Crippen LogP contribution in [-0.2, 0) is 4.79 Å². The van der Waals surface area contributed by atoms with Crippen molar-refractivity contribution in [3.63, 3.8) is 0 Å². The Morgan fingerprint density at radius 2 is 1.47 bits per heavy atom. The van der Waals surface area contributed by atoms with Crippen LogP contribution in [0, 0.1) is 24.5 Å². The molecule has 0 bridgehead atoms. The highest BCUT2D eigenvalue weighted by molar-refractivity contribution is 6.03. The minimum atomic E-state index is -0.767. The summed E-state index contributed by atoms with van der Waals surface area (Å²) in [6, 6.07) is 19.5. The highest BCUT2D eigenvalue weighted by atomic mass is 19.1. The molecule has 154 valence electrons. The van der Waals surface area contributed by atoms with E-state index in [1.807, 2.05) is 31.2 Å². The zero-order valence-electron chi connectivity index (χ0n) is 16.6. The number of nitrogens with zero attached hydrogens (tertiary/aromatic N) is 1. The molecule has 0 aliphatic carbocycles. The van der Waals surface area contributed by atoms with E-state index in [-0.39, 0.29) is 29.5 Å². The topological polar surface area (TPSA) is 40.5 Å². The summed E-state index contributed by atoms with van der Waals surface area (Å²) in [5.41, 5.74) is 3.42. The summed E-state index contributed by atoms with van der Waals surface area (Å²) in [6.07, 6.45) is 0.117. The summed E-state index contributed by atoms with van der Waals surface area (Å²) in [7, 11) is 0. The molecular formula is C25H23F2NO2. The zero-order valence-corrected chi connectivity index (χ0v) is 16.6. The highest BCUT2D eigenvalue weighted by Gasteiger charge is 2.48. The monoisotopic (exact) mass is 407 g/mol. The molecule has 30 heavy (non-hydrogen) atoms. The molecule has 0 unspecified atom stereocenters. The van der Waals surface area contributed by atoms with Gasteiger partial charge in [-0.25, -0.2) is 8.78 Å². The first-order chi connectivity index (χ1) is 14.4. The predicted octanol–water partition coefficient (Wildman–Crippen LogP) is 5.49. The number of hydrogen-bond acceptors (Lipinski definition) is 2. The van der Waals surface area contributed by atoms with E-state index in [0.717, 1.165) is 11.1 Å². The van der Waals surface area contributed by atoms with Gasteiger partial charge in [-0.3, -0.25) is 4.79 Å². The van der Waals surface area contributed by atoms with Gasteiger partial charge < -0.3 is 10.0 Å². The Bertz CT molecular complexity index is 1020. The minimum Gasteiger partial charge on any atom is -0.388 e. The molecule has 3 aromatic carbocycles. The van der Waals surface area contributed by atoms with E-state index < -0.39 is 6.10 Å². The fraction of sp³-hybridized carbons (Fsp3) is 0.240. The van der Waals surface area contributed by atoms with Crippen molar-refractivity contribution in [2.45, 2.75) is 31.9 Å². The summed E-state index contributed by atoms with van der Waals surface area (Å²) < 4.78 is 26.5. The number of carbonyl (C=O) groups is 1. The third kappa shape index (κ3) is 3.98. The van der Waals surface area contributed by atoms with Gasteiger partial charge in [-0.1, -0.05) is 42.0 Å². The molecule has 1 saturated heterocycles. The van der Waals surface area contributed by atoms with E-state index in [2.05, 4.69) is 0 Å². The molecule has 1 aliphatic rings. The maximum absolute atomic E-state index is 13.4. The smallest absolute Gasteiger partial charge is 0.233 e. The van der Waals surface area contributed by atoms with Crippen molar-refractivity contribution in [1.29, 1.82) is 0 Å². The minimum absolute atomic E-state index is 0.0431. The highest BCUT2D eigenvalue weighted by Crippen LogP contribution is 2.46. The number of anilines is 1. The van der Waals surface area contributed by atoms with Crippen LogP contribution < -0.4 is 4.90 Å². The summed E-state index contributed by atoms with van der Waals surface area (Å²) in [5.74, 6) is -1.03. The largest absolute Gasteiger partial charge is 0.388 e. The number of halogens is 2. The predicted molar refractivity (Wildman–Crippen MR) is 112 cm³/mol. The lowest BCUT2D eigenvalue weighted by atomic mass is 9.78. The van der Waals surface area contributed by atoms with Crippen molar-refractivity contribution in [2.75, 3.05) is 4.90 Å². The third-order valence-corrected chi connectivity index (χ3v) is 5.74. The fourth-order valence-corrected chi connectivity index (χ4v) is 4.05. The van der Waals surface area contributed by atoms with E-state index in [1.54, 1.807) is 29.2 Å². The van der Waals surface area contributed by atoms with Crippen LogP contribution in [0.2, 0.25) is 0 Å². The summed E-state index contributed by atoms with van der Waals surface area (Å²) in [4.78, 5) is 14.7. The second-order valence-electron chi connectivity index (χ2n) is 7.79. The van der Waals surface area contributed by atoms with Gasteiger partial charge in [0.1, 0.15) is 11.6 Å². The molecule has 0 saturated carbocycles. The molecule has 5 heteroatoms. The van der Waals surface area contributed by atoms with Crippen LogP contribution in [0.1, 0.15) is 41.7 Å². The number of rotatable bonds is 6. The van der Waals surface area contributed by atoms with Crippen LogP contribution >= 0.6 is 0 Å². The Balaban J connectivity index is 1.55. The van der Waals surface area contributed by atoms with Gasteiger partial charge in [-0.2, -0.15) is 0 Å². The second kappa shape index (κ2) is 8.36. The molecule has 3 nitrogen and oxygen atoms in total. The number of aliphatic hydroxyl groups excluding tert-OH is 1. The molecule has 1 fully saturated rings. The maximum atomic E-state index is 13.4. The molecule has 0 radical (unpaired) electrons. The van der Waals surface area contributed by atoms with Gasteiger partial charge in [0.15, 0.2) is 0 Å². The van der Waals surface area contributed by atoms with E-state index in [1.165, 1.54) is 24.3 Å². The molecule has 0 aromatic heterocycles. The van der Waals surface area contributed by atoms with Crippen LogP contribution in [0.15, 0.2) is 72.8 Å². The first-order valence-corrected chi connectivity index (χ1v) is 10.0. The summed E-state index contributed by atoms with van der Waals surface area (Å²) in [6.45, 7) is 2.00. The lowest BCUT2D eigenvalue weighted by Gasteiger charge is -2.48. The quantitative estimate of drug-likeness (QED) is 0.549. The maximum Gasteiger partial charge on any atom is 0.233 e. The molecule has 1 heterocycles. The average Bonchev–Trinajstić information content (AvgIpc) is 2.74. The molecular weight excluding hydrogens is 384 g/mol. The van der Waals surface area contributed by atoms with Crippen LogP contribution in [0.3, 0.4) is 0 Å². The van der Waals surface area contributed by atoms with Crippen molar-refractivity contribution in [3.8, 4) is 0 Å².